The number of fused-ring (bicyclic) bond motifs is 2. The minimum absolute atomic E-state index is 0.0128. The first-order valence-electron chi connectivity index (χ1n) is 30.6. The second-order valence-electron chi connectivity index (χ2n) is 24.1. The lowest BCUT2D eigenvalue weighted by atomic mass is 9.94. The number of nitrogens with one attached hydrogen (secondary N) is 2. The molecular formula is C61H83F6N17O5. The van der Waals surface area contributed by atoms with Crippen LogP contribution in [0.3, 0.4) is 0 Å². The number of halogens is 6. The van der Waals surface area contributed by atoms with E-state index in [4.69, 9.17) is 5.11 Å². The Labute approximate surface area is 514 Å². The van der Waals surface area contributed by atoms with Crippen molar-refractivity contribution in [1.29, 1.82) is 0 Å². The van der Waals surface area contributed by atoms with Crippen molar-refractivity contribution in [2.24, 2.45) is 17.8 Å². The number of nitrogens with zero attached hydrogens (tertiary/aromatic N) is 15. The van der Waals surface area contributed by atoms with Gasteiger partial charge in [-0.15, -0.1) is 10.2 Å². The molecule has 10 heterocycles. The molecular weight excluding hydrogens is 1160 g/mol. The zero-order valence-electron chi connectivity index (χ0n) is 51.6. The maximum Gasteiger partial charge on any atom is 0.389 e. The average Bonchev–Trinajstić information content (AvgIpc) is 2.26. The number of carboxylic acids is 1. The highest BCUT2D eigenvalue weighted by Gasteiger charge is 2.32. The van der Waals surface area contributed by atoms with Crippen LogP contribution in [0, 0.1) is 17.8 Å². The first kappa shape index (κ1) is 67.1. The predicted octanol–water partition coefficient (Wildman–Crippen LogP) is 9.68. The van der Waals surface area contributed by atoms with E-state index in [1.807, 2.05) is 42.3 Å². The van der Waals surface area contributed by atoms with Gasteiger partial charge in [0.2, 0.25) is 29.6 Å². The molecule has 0 saturated carbocycles. The fourth-order valence-corrected chi connectivity index (χ4v) is 11.5. The molecule has 0 unspecified atom stereocenters. The SMILES string of the molecule is CC(C)CN1CCC(N(C)C(=O)Cn2cc(Nc3nc4c(C5=CCN(C(=O)CCC(F)(F)F)CC5)cccn4n3)cn2)CC1.CCC1CCN(CC(C)C)CC1.O=C(O)Cn1cc(Nc2nc3c(C4=CCN(C(=O)CCC(F)(F)F)CC4)cccn3n2)cn1. The van der Waals surface area contributed by atoms with Crippen LogP contribution >= 0.6 is 0 Å². The summed E-state index contributed by atoms with van der Waals surface area (Å²) < 4.78 is 80.8. The number of aliphatic carboxylic acids is 1. The summed E-state index contributed by atoms with van der Waals surface area (Å²) in [5, 5.41) is 32.2. The van der Waals surface area contributed by atoms with Crippen LogP contribution in [-0.4, -0.2) is 193 Å². The molecule has 4 aliphatic rings. The molecule has 6 aromatic heterocycles. The van der Waals surface area contributed by atoms with Gasteiger partial charge >= 0.3 is 18.3 Å². The number of carbonyl (C=O) groups excluding carboxylic acids is 3. The lowest BCUT2D eigenvalue weighted by Crippen LogP contribution is -2.47. The van der Waals surface area contributed by atoms with E-state index in [2.05, 4.69) is 85.4 Å². The standard InChI is InChI=1S/C30H40F3N9O2.C20H20F3N7O3.C11H23N/c1-21(2)18-39-13-9-24(10-14-39)38(3)27(44)20-41-19-23(17-34-41)35-29-36-28-25(5-4-12-42(28)37-29)22-7-15-40(16-8-22)26(43)6-11-30(31,32)33;21-20(22,23)6-3-16(31)28-8-4-13(5-9-28)15-2-1-7-30-18(15)26-19(27-30)25-14-10-24-29(11-14)12-17(32)33;1-4-11-5-7-12(8-6-11)9-10(2)3/h4-5,7,12,17,19,21,24H,6,8-11,13-16,18,20H2,1-3H3,(H,35,37);1-2,4,7,10-11H,3,5-6,8-9,12H2,(H,25,27)(H,32,33);10-11H,4-9H2,1-3H3. The number of carbonyl (C=O) groups is 4. The second kappa shape index (κ2) is 30.6. The van der Waals surface area contributed by atoms with E-state index in [9.17, 15) is 45.5 Å². The molecule has 22 nitrogen and oxygen atoms in total. The highest BCUT2D eigenvalue weighted by atomic mass is 19.4. The molecule has 484 valence electrons. The first-order valence-corrected chi connectivity index (χ1v) is 30.6. The van der Waals surface area contributed by atoms with E-state index in [1.165, 1.54) is 65.8 Å². The van der Waals surface area contributed by atoms with Gasteiger partial charge in [0, 0.05) is 114 Å². The number of hydrogen-bond acceptors (Lipinski definition) is 14. The molecule has 2 saturated heterocycles. The number of likely N-dealkylation sites (tertiary alicyclic amines) is 2. The van der Waals surface area contributed by atoms with Crippen LogP contribution in [0.1, 0.15) is 116 Å². The van der Waals surface area contributed by atoms with Gasteiger partial charge < -0.3 is 40.2 Å². The molecule has 0 radical (unpaired) electrons. The van der Waals surface area contributed by atoms with Crippen molar-refractivity contribution >= 4 is 69.4 Å². The summed E-state index contributed by atoms with van der Waals surface area (Å²) in [6.07, 6.45) is 8.68. The Kier molecular flexibility index (Phi) is 23.0. The summed E-state index contributed by atoms with van der Waals surface area (Å²) in [6.45, 7) is 19.5. The lowest BCUT2D eigenvalue weighted by Gasteiger charge is -2.37. The van der Waals surface area contributed by atoms with E-state index in [1.54, 1.807) is 44.6 Å². The van der Waals surface area contributed by atoms with Crippen LogP contribution in [0.5, 0.6) is 0 Å². The summed E-state index contributed by atoms with van der Waals surface area (Å²) in [7, 11) is 1.87. The third kappa shape index (κ3) is 20.1. The van der Waals surface area contributed by atoms with Crippen LogP contribution in [0.25, 0.3) is 22.4 Å². The number of likely N-dealkylation sites (N-methyl/N-ethyl adjacent to an activating group) is 1. The summed E-state index contributed by atoms with van der Waals surface area (Å²) >= 11 is 0. The Hall–Kier alpha value is -7.88. The zero-order chi connectivity index (χ0) is 64.0. The van der Waals surface area contributed by atoms with Crippen molar-refractivity contribution in [2.75, 3.05) is 83.1 Å². The van der Waals surface area contributed by atoms with E-state index in [-0.39, 0.29) is 44.1 Å². The van der Waals surface area contributed by atoms with Gasteiger partial charge in [0.15, 0.2) is 11.3 Å². The molecule has 3 amide bonds. The molecule has 0 aromatic carbocycles. The van der Waals surface area contributed by atoms with Gasteiger partial charge in [-0.25, -0.2) is 9.03 Å². The maximum absolute atomic E-state index is 13.0. The zero-order valence-corrected chi connectivity index (χ0v) is 51.6. The third-order valence-corrected chi connectivity index (χ3v) is 16.2. The Morgan fingerprint density at radius 1 is 0.652 bits per heavy atom. The van der Waals surface area contributed by atoms with Crippen molar-refractivity contribution in [3.8, 4) is 0 Å². The van der Waals surface area contributed by atoms with Crippen LogP contribution in [0.15, 0.2) is 73.6 Å². The molecule has 2 fully saturated rings. The summed E-state index contributed by atoms with van der Waals surface area (Å²) in [5.74, 6) is 1.12. The number of carboxylic acid groups (broad SMARTS) is 1. The Balaban J connectivity index is 0.000000199. The average molecular weight is 1250 g/mol. The fourth-order valence-electron chi connectivity index (χ4n) is 11.5. The quantitative estimate of drug-likeness (QED) is 0.0605. The normalized spacial score (nSPS) is 16.7. The van der Waals surface area contributed by atoms with Crippen molar-refractivity contribution in [2.45, 2.75) is 137 Å². The number of rotatable bonds is 20. The molecule has 4 aliphatic heterocycles. The lowest BCUT2D eigenvalue weighted by molar-refractivity contribution is -0.148. The second-order valence-corrected chi connectivity index (χ2v) is 24.1. The van der Waals surface area contributed by atoms with Gasteiger partial charge in [0.1, 0.15) is 13.1 Å². The van der Waals surface area contributed by atoms with Crippen LogP contribution in [-0.2, 0) is 32.3 Å². The Morgan fingerprint density at radius 3 is 1.48 bits per heavy atom. The molecule has 28 heteroatoms. The highest BCUT2D eigenvalue weighted by Crippen LogP contribution is 2.31. The molecule has 0 aliphatic carbocycles. The number of anilines is 4. The Morgan fingerprint density at radius 2 is 1.09 bits per heavy atom. The fraction of sp³-hybridized carbons (Fsp3) is 0.574. The largest absolute Gasteiger partial charge is 0.480 e. The van der Waals surface area contributed by atoms with E-state index in [0.29, 0.717) is 60.5 Å². The monoisotopic (exact) mass is 1250 g/mol. The first-order chi connectivity index (χ1) is 42.3. The van der Waals surface area contributed by atoms with Crippen molar-refractivity contribution < 1.29 is 50.6 Å². The minimum atomic E-state index is -4.35. The van der Waals surface area contributed by atoms with E-state index in [0.717, 1.165) is 66.6 Å². The van der Waals surface area contributed by atoms with Gasteiger partial charge in [-0.2, -0.15) is 46.5 Å². The van der Waals surface area contributed by atoms with Crippen LogP contribution in [0.4, 0.5) is 49.6 Å². The molecule has 3 N–H and O–H groups in total. The molecule has 10 rings (SSSR count). The van der Waals surface area contributed by atoms with Gasteiger partial charge in [0.05, 0.1) is 36.6 Å². The minimum Gasteiger partial charge on any atom is -0.480 e. The number of pyridine rings is 2. The topological polar surface area (TPSA) is 225 Å². The molecule has 0 atom stereocenters. The number of piperidine rings is 2. The van der Waals surface area contributed by atoms with E-state index >= 15 is 0 Å². The van der Waals surface area contributed by atoms with Gasteiger partial charge in [-0.3, -0.25) is 28.5 Å². The van der Waals surface area contributed by atoms with Gasteiger partial charge in [-0.1, -0.05) is 53.2 Å². The van der Waals surface area contributed by atoms with Gasteiger partial charge in [-0.05, 0) is 105 Å². The molecule has 89 heavy (non-hydrogen) atoms. The molecule has 0 bridgehead atoms. The summed E-state index contributed by atoms with van der Waals surface area (Å²) in [4.78, 5) is 67.0. The molecule has 0 spiro atoms. The molecule has 6 aromatic rings. The summed E-state index contributed by atoms with van der Waals surface area (Å²) in [6, 6.07) is 7.65. The number of hydrogen-bond donors (Lipinski definition) is 3. The van der Waals surface area contributed by atoms with Crippen LogP contribution in [0.2, 0.25) is 0 Å². The number of aromatic nitrogens is 10. The maximum atomic E-state index is 13.0. The highest BCUT2D eigenvalue weighted by molar-refractivity contribution is 5.82. The van der Waals surface area contributed by atoms with Crippen LogP contribution < -0.4 is 10.6 Å². The van der Waals surface area contributed by atoms with Gasteiger partial charge in [0.25, 0.3) is 0 Å². The number of amides is 3. The van der Waals surface area contributed by atoms with Crippen molar-refractivity contribution in [1.82, 2.24) is 73.3 Å². The van der Waals surface area contributed by atoms with E-state index < -0.39 is 55.8 Å². The Bertz CT molecular complexity index is 3390. The third-order valence-electron chi connectivity index (χ3n) is 16.2. The number of alkyl halides is 6. The smallest absolute Gasteiger partial charge is 0.389 e. The predicted molar refractivity (Wildman–Crippen MR) is 325 cm³/mol. The van der Waals surface area contributed by atoms with Crippen molar-refractivity contribution in [3.05, 3.63) is 84.7 Å². The van der Waals surface area contributed by atoms with Crippen molar-refractivity contribution in [3.63, 3.8) is 0 Å². The summed E-state index contributed by atoms with van der Waals surface area (Å²) in [5.41, 5.74) is 5.88.